The van der Waals surface area contributed by atoms with Gasteiger partial charge in [0.2, 0.25) is 0 Å². The summed E-state index contributed by atoms with van der Waals surface area (Å²) in [5, 5.41) is 0. The van der Waals surface area contributed by atoms with Gasteiger partial charge in [-0.2, -0.15) is 4.57 Å². The lowest BCUT2D eigenvalue weighted by molar-refractivity contribution is -0.727. The highest BCUT2D eigenvalue weighted by molar-refractivity contribution is 5.77. The first-order valence-electron chi connectivity index (χ1n) is 5.93. The Morgan fingerprint density at radius 2 is 1.72 bits per heavy atom. The van der Waals surface area contributed by atoms with Gasteiger partial charge in [0.25, 0.3) is 6.73 Å². The highest BCUT2D eigenvalue weighted by Crippen LogP contribution is 2.15. The van der Waals surface area contributed by atoms with Crippen LogP contribution in [0.25, 0.3) is 0 Å². The molecule has 1 aromatic heterocycles. The predicted octanol–water partition coefficient (Wildman–Crippen LogP) is 2.28. The molecule has 0 N–H and O–H groups in total. The third-order valence-corrected chi connectivity index (χ3v) is 2.79. The number of esters is 1. The van der Waals surface area contributed by atoms with Crippen molar-refractivity contribution in [3.05, 3.63) is 66.5 Å². The van der Waals surface area contributed by atoms with Gasteiger partial charge in [-0.3, -0.25) is 4.79 Å². The lowest BCUT2D eigenvalue weighted by Gasteiger charge is -2.09. The van der Waals surface area contributed by atoms with E-state index in [-0.39, 0.29) is 18.6 Å². The Balaban J connectivity index is 1.93. The van der Waals surface area contributed by atoms with E-state index in [9.17, 15) is 4.79 Å². The Morgan fingerprint density at radius 1 is 1.11 bits per heavy atom. The highest BCUT2D eigenvalue weighted by atomic mass is 16.5. The maximum absolute atomic E-state index is 11.9. The van der Waals surface area contributed by atoms with E-state index in [0.717, 1.165) is 5.56 Å². The van der Waals surface area contributed by atoms with E-state index in [1.807, 2.05) is 72.4 Å². The second-order valence-electron chi connectivity index (χ2n) is 4.11. The van der Waals surface area contributed by atoms with E-state index in [4.69, 9.17) is 4.74 Å². The van der Waals surface area contributed by atoms with Crippen LogP contribution in [-0.2, 0) is 16.3 Å². The summed E-state index contributed by atoms with van der Waals surface area (Å²) in [6.07, 6.45) is 3.72. The molecule has 2 rings (SSSR count). The Morgan fingerprint density at radius 3 is 2.39 bits per heavy atom. The number of nitrogens with zero attached hydrogens (tertiary/aromatic N) is 1. The molecule has 0 amide bonds. The maximum Gasteiger partial charge on any atom is 0.317 e. The summed E-state index contributed by atoms with van der Waals surface area (Å²) in [5.74, 6) is -0.451. The van der Waals surface area contributed by atoms with E-state index in [1.165, 1.54) is 0 Å². The molecule has 0 bridgehead atoms. The number of carbonyl (C=O) groups excluding carboxylic acids is 1. The third kappa shape index (κ3) is 3.17. The summed E-state index contributed by atoms with van der Waals surface area (Å²) >= 11 is 0. The summed E-state index contributed by atoms with van der Waals surface area (Å²) < 4.78 is 7.08. The first kappa shape index (κ1) is 12.3. The van der Waals surface area contributed by atoms with Gasteiger partial charge in [-0.05, 0) is 12.5 Å². The van der Waals surface area contributed by atoms with Gasteiger partial charge >= 0.3 is 5.97 Å². The molecule has 0 fully saturated rings. The number of carbonyl (C=O) groups is 1. The average Bonchev–Trinajstić information content (AvgIpc) is 2.46. The standard InChI is InChI=1S/C15H16NO2/c1-13(14-8-4-2-5-9-14)15(17)18-12-16-10-6-3-7-11-16/h2-11,13H,12H2,1H3/q+1/t13-/m1/s1. The average molecular weight is 242 g/mol. The van der Waals surface area contributed by atoms with Gasteiger partial charge in [-0.15, -0.1) is 0 Å². The fraction of sp³-hybridized carbons (Fsp3) is 0.200. The lowest BCUT2D eigenvalue weighted by Crippen LogP contribution is -2.35. The van der Waals surface area contributed by atoms with E-state index in [2.05, 4.69) is 0 Å². The topological polar surface area (TPSA) is 30.2 Å². The summed E-state index contributed by atoms with van der Waals surface area (Å²) in [6, 6.07) is 15.4. The number of aromatic nitrogens is 1. The maximum atomic E-state index is 11.9. The van der Waals surface area contributed by atoms with Crippen LogP contribution in [0.4, 0.5) is 0 Å². The molecule has 0 aliphatic heterocycles. The van der Waals surface area contributed by atoms with Gasteiger partial charge in [0.15, 0.2) is 12.4 Å². The largest absolute Gasteiger partial charge is 0.404 e. The van der Waals surface area contributed by atoms with Crippen LogP contribution < -0.4 is 4.57 Å². The van der Waals surface area contributed by atoms with Crippen LogP contribution >= 0.6 is 0 Å². The van der Waals surface area contributed by atoms with Crippen molar-refractivity contribution in [2.45, 2.75) is 19.6 Å². The van der Waals surface area contributed by atoms with Crippen molar-refractivity contribution >= 4 is 5.97 Å². The fourth-order valence-corrected chi connectivity index (χ4v) is 1.66. The van der Waals surface area contributed by atoms with E-state index < -0.39 is 0 Å². The smallest absolute Gasteiger partial charge is 0.317 e. The second-order valence-corrected chi connectivity index (χ2v) is 4.11. The van der Waals surface area contributed by atoms with Gasteiger partial charge < -0.3 is 4.74 Å². The monoisotopic (exact) mass is 242 g/mol. The molecule has 0 aliphatic rings. The predicted molar refractivity (Wildman–Crippen MR) is 67.6 cm³/mol. The molecule has 92 valence electrons. The first-order valence-corrected chi connectivity index (χ1v) is 5.93. The Hall–Kier alpha value is -2.16. The first-order chi connectivity index (χ1) is 8.77. The van der Waals surface area contributed by atoms with Crippen LogP contribution in [0.3, 0.4) is 0 Å². The molecule has 0 radical (unpaired) electrons. The molecule has 3 nitrogen and oxygen atoms in total. The van der Waals surface area contributed by atoms with Crippen molar-refractivity contribution < 1.29 is 14.1 Å². The molecule has 2 aromatic rings. The van der Waals surface area contributed by atoms with Crippen LogP contribution in [0.1, 0.15) is 18.4 Å². The van der Waals surface area contributed by atoms with Crippen LogP contribution in [0, 0.1) is 0 Å². The second kappa shape index (κ2) is 5.96. The Kier molecular flexibility index (Phi) is 4.07. The van der Waals surface area contributed by atoms with Crippen LogP contribution in [-0.4, -0.2) is 5.97 Å². The molecule has 3 heteroatoms. The Bertz CT molecular complexity index is 496. The minimum Gasteiger partial charge on any atom is -0.404 e. The summed E-state index contributed by atoms with van der Waals surface area (Å²) in [6.45, 7) is 2.10. The zero-order chi connectivity index (χ0) is 12.8. The molecule has 0 aliphatic carbocycles. The Labute approximate surface area is 107 Å². The molecule has 1 aromatic carbocycles. The number of ether oxygens (including phenoxy) is 1. The van der Waals surface area contributed by atoms with Crippen molar-refractivity contribution in [2.75, 3.05) is 0 Å². The summed E-state index contributed by atoms with van der Waals surface area (Å²) in [4.78, 5) is 11.9. The summed E-state index contributed by atoms with van der Waals surface area (Å²) in [5.41, 5.74) is 0.973. The number of hydrogen-bond acceptors (Lipinski definition) is 2. The lowest BCUT2D eigenvalue weighted by atomic mass is 10.0. The van der Waals surface area contributed by atoms with Crippen molar-refractivity contribution in [1.29, 1.82) is 0 Å². The highest BCUT2D eigenvalue weighted by Gasteiger charge is 2.17. The normalized spacial score (nSPS) is 11.8. The quantitative estimate of drug-likeness (QED) is 0.608. The zero-order valence-electron chi connectivity index (χ0n) is 10.3. The molecule has 0 saturated heterocycles. The molecule has 18 heavy (non-hydrogen) atoms. The van der Waals surface area contributed by atoms with E-state index >= 15 is 0 Å². The third-order valence-electron chi connectivity index (χ3n) is 2.79. The van der Waals surface area contributed by atoms with Crippen molar-refractivity contribution in [1.82, 2.24) is 0 Å². The molecule has 1 atom stereocenters. The fourth-order valence-electron chi connectivity index (χ4n) is 1.66. The van der Waals surface area contributed by atoms with Gasteiger partial charge in [0.05, 0.1) is 5.92 Å². The SMILES string of the molecule is C[C@@H](C(=O)OC[n+]1ccccc1)c1ccccc1. The summed E-state index contributed by atoms with van der Waals surface area (Å²) in [7, 11) is 0. The van der Waals surface area contributed by atoms with Gasteiger partial charge in [0, 0.05) is 12.1 Å². The number of rotatable bonds is 4. The van der Waals surface area contributed by atoms with E-state index in [1.54, 1.807) is 0 Å². The van der Waals surface area contributed by atoms with Crippen molar-refractivity contribution in [2.24, 2.45) is 0 Å². The van der Waals surface area contributed by atoms with Crippen LogP contribution in [0.2, 0.25) is 0 Å². The molecule has 0 saturated carbocycles. The van der Waals surface area contributed by atoms with Gasteiger partial charge in [0.1, 0.15) is 0 Å². The minimum atomic E-state index is -0.240. The molecule has 0 unspecified atom stereocenters. The van der Waals surface area contributed by atoms with Crippen LogP contribution in [0.5, 0.6) is 0 Å². The zero-order valence-corrected chi connectivity index (χ0v) is 10.3. The van der Waals surface area contributed by atoms with E-state index in [0.29, 0.717) is 0 Å². The molecular formula is C15H16NO2+. The van der Waals surface area contributed by atoms with Gasteiger partial charge in [-0.1, -0.05) is 36.4 Å². The number of pyridine rings is 1. The van der Waals surface area contributed by atoms with Crippen molar-refractivity contribution in [3.63, 3.8) is 0 Å². The molecule has 1 heterocycles. The van der Waals surface area contributed by atoms with Crippen LogP contribution in [0.15, 0.2) is 60.9 Å². The number of benzene rings is 1. The van der Waals surface area contributed by atoms with Gasteiger partial charge in [-0.25, -0.2) is 0 Å². The molecular weight excluding hydrogens is 226 g/mol. The molecule has 0 spiro atoms. The minimum absolute atomic E-state index is 0.211. The number of hydrogen-bond donors (Lipinski definition) is 0. The van der Waals surface area contributed by atoms with Crippen molar-refractivity contribution in [3.8, 4) is 0 Å².